The molecule has 1 aromatic rings. The Bertz CT molecular complexity index is 581. The normalized spacial score (nSPS) is 18.9. The van der Waals surface area contributed by atoms with Crippen molar-refractivity contribution in [3.8, 4) is 0 Å². The summed E-state index contributed by atoms with van der Waals surface area (Å²) in [4.78, 5) is 2.48. The molecule has 0 spiro atoms. The van der Waals surface area contributed by atoms with Gasteiger partial charge < -0.3 is 4.90 Å². The Hall–Kier alpha value is -0.430. The van der Waals surface area contributed by atoms with Crippen molar-refractivity contribution in [1.82, 2.24) is 9.62 Å². The molecule has 2 rings (SSSR count). The third kappa shape index (κ3) is 3.86. The molecule has 1 aliphatic rings. The van der Waals surface area contributed by atoms with Gasteiger partial charge in [-0.2, -0.15) is 0 Å². The maximum atomic E-state index is 12.5. The van der Waals surface area contributed by atoms with E-state index in [1.54, 1.807) is 18.2 Å². The van der Waals surface area contributed by atoms with E-state index in [4.69, 9.17) is 0 Å². The molecule has 1 saturated carbocycles. The lowest BCUT2D eigenvalue weighted by Gasteiger charge is -2.43. The van der Waals surface area contributed by atoms with Crippen LogP contribution in [-0.2, 0) is 10.0 Å². The van der Waals surface area contributed by atoms with Crippen LogP contribution in [0.15, 0.2) is 33.6 Å². The van der Waals surface area contributed by atoms with E-state index in [1.807, 2.05) is 20.2 Å². The van der Waals surface area contributed by atoms with Gasteiger partial charge in [-0.1, -0.05) is 31.4 Å². The first kappa shape index (κ1) is 16.9. The van der Waals surface area contributed by atoms with Crippen LogP contribution in [0, 0.1) is 0 Å². The van der Waals surface area contributed by atoms with Gasteiger partial charge in [0.25, 0.3) is 0 Å². The number of benzene rings is 1. The van der Waals surface area contributed by atoms with E-state index in [0.717, 1.165) is 25.7 Å². The number of halogens is 1. The zero-order chi connectivity index (χ0) is 15.5. The first-order chi connectivity index (χ1) is 9.87. The molecule has 0 aromatic heterocycles. The molecular formula is C15H23BrN2O2S. The summed E-state index contributed by atoms with van der Waals surface area (Å²) in [5.74, 6) is 0. The quantitative estimate of drug-likeness (QED) is 0.861. The maximum Gasteiger partial charge on any atom is 0.241 e. The van der Waals surface area contributed by atoms with E-state index in [9.17, 15) is 8.42 Å². The fourth-order valence-corrected chi connectivity index (χ4v) is 5.08. The Kier molecular flexibility index (Phi) is 5.46. The highest BCUT2D eigenvalue weighted by molar-refractivity contribution is 9.10. The van der Waals surface area contributed by atoms with Crippen molar-refractivity contribution in [1.29, 1.82) is 0 Å². The predicted octanol–water partition coefficient (Wildman–Crippen LogP) is 2.99. The topological polar surface area (TPSA) is 49.4 Å². The first-order valence-electron chi connectivity index (χ1n) is 7.29. The molecule has 0 aliphatic heterocycles. The Morgan fingerprint density at radius 1 is 1.19 bits per heavy atom. The number of likely N-dealkylation sites (N-methyl/N-ethyl adjacent to an activating group) is 1. The second-order valence-corrected chi connectivity index (χ2v) is 8.52. The van der Waals surface area contributed by atoms with Crippen LogP contribution in [0.25, 0.3) is 0 Å². The maximum absolute atomic E-state index is 12.5. The Morgan fingerprint density at radius 3 is 2.38 bits per heavy atom. The molecular weight excluding hydrogens is 352 g/mol. The molecule has 0 saturated heterocycles. The fourth-order valence-electron chi connectivity index (χ4n) is 2.96. The van der Waals surface area contributed by atoms with Gasteiger partial charge in [0.1, 0.15) is 0 Å². The monoisotopic (exact) mass is 374 g/mol. The van der Waals surface area contributed by atoms with Crippen LogP contribution in [0.3, 0.4) is 0 Å². The first-order valence-corrected chi connectivity index (χ1v) is 9.57. The van der Waals surface area contributed by atoms with Gasteiger partial charge in [0.05, 0.1) is 4.90 Å². The largest absolute Gasteiger partial charge is 0.302 e. The minimum Gasteiger partial charge on any atom is -0.302 e. The van der Waals surface area contributed by atoms with Crippen molar-refractivity contribution >= 4 is 26.0 Å². The summed E-state index contributed by atoms with van der Waals surface area (Å²) in [6.07, 6.45) is 5.65. The highest BCUT2D eigenvalue weighted by atomic mass is 79.9. The van der Waals surface area contributed by atoms with Crippen LogP contribution in [-0.4, -0.2) is 39.5 Å². The summed E-state index contributed by atoms with van der Waals surface area (Å²) in [6.45, 7) is 0.462. The van der Waals surface area contributed by atoms with Gasteiger partial charge in [0.15, 0.2) is 0 Å². The summed E-state index contributed by atoms with van der Waals surface area (Å²) < 4.78 is 28.4. The van der Waals surface area contributed by atoms with Crippen molar-refractivity contribution in [2.75, 3.05) is 20.6 Å². The predicted molar refractivity (Wildman–Crippen MR) is 88.8 cm³/mol. The Morgan fingerprint density at radius 2 is 1.81 bits per heavy atom. The average Bonchev–Trinajstić information content (AvgIpc) is 2.46. The third-order valence-corrected chi connectivity index (χ3v) is 6.86. The second-order valence-electron chi connectivity index (χ2n) is 5.93. The van der Waals surface area contributed by atoms with E-state index in [1.165, 1.54) is 6.42 Å². The second kappa shape index (κ2) is 6.77. The highest BCUT2D eigenvalue weighted by Gasteiger charge is 2.35. The van der Waals surface area contributed by atoms with Crippen LogP contribution in [0.2, 0.25) is 0 Å². The van der Waals surface area contributed by atoms with Crippen LogP contribution < -0.4 is 4.72 Å². The summed E-state index contributed by atoms with van der Waals surface area (Å²) in [7, 11) is 0.594. The Labute approximate surface area is 136 Å². The minimum atomic E-state index is -3.49. The van der Waals surface area contributed by atoms with Crippen molar-refractivity contribution in [3.05, 3.63) is 28.7 Å². The van der Waals surface area contributed by atoms with E-state index in [-0.39, 0.29) is 5.54 Å². The molecule has 21 heavy (non-hydrogen) atoms. The highest BCUT2D eigenvalue weighted by Crippen LogP contribution is 2.32. The number of hydrogen-bond acceptors (Lipinski definition) is 3. The third-order valence-electron chi connectivity index (χ3n) is 4.45. The smallest absolute Gasteiger partial charge is 0.241 e. The summed E-state index contributed by atoms with van der Waals surface area (Å²) in [6, 6.07) is 6.92. The average molecular weight is 375 g/mol. The van der Waals surface area contributed by atoms with Crippen molar-refractivity contribution < 1.29 is 8.42 Å². The SMILES string of the molecule is CN(C)C1(CNS(=O)(=O)c2ccccc2Br)CCCCC1. The molecule has 0 radical (unpaired) electrons. The van der Waals surface area contributed by atoms with E-state index in [2.05, 4.69) is 25.6 Å². The van der Waals surface area contributed by atoms with Gasteiger partial charge in [0, 0.05) is 16.6 Å². The number of sulfonamides is 1. The summed E-state index contributed by atoms with van der Waals surface area (Å²) in [5, 5.41) is 0. The lowest BCUT2D eigenvalue weighted by atomic mass is 9.81. The van der Waals surface area contributed by atoms with E-state index in [0.29, 0.717) is 15.9 Å². The lowest BCUT2D eigenvalue weighted by Crippen LogP contribution is -2.53. The lowest BCUT2D eigenvalue weighted by molar-refractivity contribution is 0.105. The molecule has 0 unspecified atom stereocenters. The van der Waals surface area contributed by atoms with Gasteiger partial charge in [0.2, 0.25) is 10.0 Å². The zero-order valence-corrected chi connectivity index (χ0v) is 15.0. The molecule has 1 fully saturated rings. The van der Waals surface area contributed by atoms with Gasteiger partial charge in [-0.25, -0.2) is 13.1 Å². The van der Waals surface area contributed by atoms with Crippen LogP contribution in [0.4, 0.5) is 0 Å². The van der Waals surface area contributed by atoms with Crippen molar-refractivity contribution in [2.24, 2.45) is 0 Å². The number of hydrogen-bond donors (Lipinski definition) is 1. The minimum absolute atomic E-state index is 0.0629. The molecule has 1 N–H and O–H groups in total. The molecule has 4 nitrogen and oxygen atoms in total. The molecule has 1 aromatic carbocycles. The van der Waals surface area contributed by atoms with Gasteiger partial charge in [-0.15, -0.1) is 0 Å². The zero-order valence-electron chi connectivity index (χ0n) is 12.6. The van der Waals surface area contributed by atoms with Crippen molar-refractivity contribution in [3.63, 3.8) is 0 Å². The standard InChI is InChI=1S/C15H23BrN2O2S/c1-18(2)15(10-6-3-7-11-15)12-17-21(19,20)14-9-5-4-8-13(14)16/h4-5,8-9,17H,3,6-7,10-12H2,1-2H3. The van der Waals surface area contributed by atoms with Crippen molar-refractivity contribution in [2.45, 2.75) is 42.5 Å². The molecule has 0 bridgehead atoms. The fraction of sp³-hybridized carbons (Fsp3) is 0.600. The van der Waals surface area contributed by atoms with Gasteiger partial charge in [-0.05, 0) is 55.0 Å². The number of nitrogens with zero attached hydrogens (tertiary/aromatic N) is 1. The molecule has 6 heteroatoms. The number of rotatable bonds is 5. The van der Waals surface area contributed by atoms with Gasteiger partial charge >= 0.3 is 0 Å². The molecule has 0 amide bonds. The molecule has 1 aliphatic carbocycles. The van der Waals surface area contributed by atoms with Crippen LogP contribution >= 0.6 is 15.9 Å². The summed E-state index contributed by atoms with van der Waals surface area (Å²) >= 11 is 3.31. The Balaban J connectivity index is 2.15. The molecule has 0 heterocycles. The van der Waals surface area contributed by atoms with E-state index >= 15 is 0 Å². The molecule has 0 atom stereocenters. The van der Waals surface area contributed by atoms with Gasteiger partial charge in [-0.3, -0.25) is 0 Å². The van der Waals surface area contributed by atoms with Crippen LogP contribution in [0.5, 0.6) is 0 Å². The van der Waals surface area contributed by atoms with Crippen LogP contribution in [0.1, 0.15) is 32.1 Å². The summed E-state index contributed by atoms with van der Waals surface area (Å²) in [5.41, 5.74) is -0.0629. The molecule has 118 valence electrons. The van der Waals surface area contributed by atoms with E-state index < -0.39 is 10.0 Å². The number of nitrogens with one attached hydrogen (secondary N) is 1.